The molecule has 1 rings (SSSR count). The molecule has 0 aliphatic carbocycles. The van der Waals surface area contributed by atoms with Crippen LogP contribution in [0.5, 0.6) is 0 Å². The number of rotatable bonds is 0. The summed E-state index contributed by atoms with van der Waals surface area (Å²) in [7, 11) is 0. The third-order valence-electron chi connectivity index (χ3n) is 1.14. The quantitative estimate of drug-likeness (QED) is 0.503. The van der Waals surface area contributed by atoms with Crippen molar-refractivity contribution in [2.24, 2.45) is 5.73 Å². The highest BCUT2D eigenvalue weighted by Crippen LogP contribution is 2.03. The van der Waals surface area contributed by atoms with Gasteiger partial charge < -0.3 is 11.5 Å². The van der Waals surface area contributed by atoms with E-state index in [4.69, 9.17) is 11.5 Å². The van der Waals surface area contributed by atoms with Crippen LogP contribution in [0.2, 0.25) is 0 Å². The molecule has 0 aliphatic rings. The first kappa shape index (κ1) is 8.08. The van der Waals surface area contributed by atoms with Gasteiger partial charge in [-0.3, -0.25) is 4.79 Å². The van der Waals surface area contributed by atoms with Crippen LogP contribution in [0.15, 0.2) is 18.3 Å². The summed E-state index contributed by atoms with van der Waals surface area (Å²) in [6.07, 6.45) is 1.54. The molecule has 0 bridgehead atoms. The molecule has 60 valence electrons. The second-order valence-electron chi connectivity index (χ2n) is 2.06. The number of nitrogens with two attached hydrogens (primary N) is 2. The highest BCUT2D eigenvalue weighted by atomic mass is 16.1. The molecular weight excluding hydrogens is 154 g/mol. The van der Waals surface area contributed by atoms with Gasteiger partial charge in [0.25, 0.3) is 5.91 Å². The fourth-order valence-electron chi connectivity index (χ4n) is 0.643. The van der Waals surface area contributed by atoms with Crippen molar-refractivity contribution in [2.75, 3.05) is 5.73 Å². The molecule has 0 saturated heterocycles. The molecule has 0 fully saturated rings. The van der Waals surface area contributed by atoms with Gasteiger partial charge in [-0.05, 0) is 18.1 Å². The van der Waals surface area contributed by atoms with Crippen molar-refractivity contribution in [3.8, 4) is 11.8 Å². The molecule has 4 heteroatoms. The first-order chi connectivity index (χ1) is 5.70. The van der Waals surface area contributed by atoms with Crippen LogP contribution in [0.3, 0.4) is 0 Å². The number of carbonyl (C=O) groups excluding carboxylic acids is 1. The summed E-state index contributed by atoms with van der Waals surface area (Å²) >= 11 is 0. The summed E-state index contributed by atoms with van der Waals surface area (Å²) in [5.74, 6) is 3.91. The monoisotopic (exact) mass is 161 g/mol. The van der Waals surface area contributed by atoms with Crippen LogP contribution < -0.4 is 11.5 Å². The number of nitrogen functional groups attached to an aromatic ring is 1. The summed E-state index contributed by atoms with van der Waals surface area (Å²) in [5.41, 5.74) is 11.1. The normalized spacial score (nSPS) is 8.33. The Morgan fingerprint density at radius 1 is 1.58 bits per heavy atom. The molecule has 0 unspecified atom stereocenters. The van der Waals surface area contributed by atoms with Crippen molar-refractivity contribution < 1.29 is 4.79 Å². The summed E-state index contributed by atoms with van der Waals surface area (Å²) in [6, 6.07) is 3.34. The highest BCUT2D eigenvalue weighted by molar-refractivity contribution is 5.92. The lowest BCUT2D eigenvalue weighted by atomic mass is 10.3. The Kier molecular flexibility index (Phi) is 2.29. The Labute approximate surface area is 69.6 Å². The number of carbonyl (C=O) groups is 1. The molecule has 4 N–H and O–H groups in total. The van der Waals surface area contributed by atoms with E-state index in [1.807, 2.05) is 0 Å². The molecule has 0 saturated carbocycles. The van der Waals surface area contributed by atoms with Crippen LogP contribution in [0.25, 0.3) is 0 Å². The second kappa shape index (κ2) is 3.39. The number of amides is 1. The number of hydrogen-bond acceptors (Lipinski definition) is 3. The van der Waals surface area contributed by atoms with E-state index in [0.29, 0.717) is 11.4 Å². The molecule has 1 aromatic heterocycles. The summed E-state index contributed by atoms with van der Waals surface area (Å²) in [5, 5.41) is 0. The van der Waals surface area contributed by atoms with Crippen molar-refractivity contribution >= 4 is 11.6 Å². The molecule has 1 aromatic rings. The maximum absolute atomic E-state index is 10.3. The Balaban J connectivity index is 2.99. The molecule has 0 radical (unpaired) electrons. The summed E-state index contributed by atoms with van der Waals surface area (Å²) < 4.78 is 0. The zero-order chi connectivity index (χ0) is 8.97. The number of nitrogens with zero attached hydrogens (tertiary/aromatic N) is 1. The van der Waals surface area contributed by atoms with Crippen molar-refractivity contribution in [1.29, 1.82) is 0 Å². The van der Waals surface area contributed by atoms with Gasteiger partial charge in [-0.15, -0.1) is 0 Å². The van der Waals surface area contributed by atoms with Gasteiger partial charge in [0.2, 0.25) is 0 Å². The lowest BCUT2D eigenvalue weighted by molar-refractivity contribution is -0.112. The molecular formula is C8H7N3O. The minimum Gasteiger partial charge on any atom is -0.396 e. The third kappa shape index (κ3) is 1.99. The molecule has 1 heterocycles. The lowest BCUT2D eigenvalue weighted by Gasteiger charge is -1.92. The lowest BCUT2D eigenvalue weighted by Crippen LogP contribution is -2.06. The molecule has 0 aliphatic heterocycles. The number of hydrogen-bond donors (Lipinski definition) is 2. The first-order valence-electron chi connectivity index (χ1n) is 3.22. The molecule has 0 atom stereocenters. The average Bonchev–Trinajstić information content (AvgIpc) is 2.03. The number of pyridine rings is 1. The highest BCUT2D eigenvalue weighted by Gasteiger charge is 1.93. The predicted molar refractivity (Wildman–Crippen MR) is 44.7 cm³/mol. The number of anilines is 1. The van der Waals surface area contributed by atoms with E-state index in [2.05, 4.69) is 16.8 Å². The smallest absolute Gasteiger partial charge is 0.293 e. The Hall–Kier alpha value is -2.02. The van der Waals surface area contributed by atoms with Gasteiger partial charge in [-0.1, -0.05) is 0 Å². The summed E-state index contributed by atoms with van der Waals surface area (Å²) in [6.45, 7) is 0. The molecule has 0 spiro atoms. The van der Waals surface area contributed by atoms with Gasteiger partial charge in [-0.2, -0.15) is 0 Å². The zero-order valence-corrected chi connectivity index (χ0v) is 6.24. The molecule has 4 nitrogen and oxygen atoms in total. The van der Waals surface area contributed by atoms with Crippen LogP contribution in [-0.2, 0) is 4.79 Å². The molecule has 0 aromatic carbocycles. The third-order valence-corrected chi connectivity index (χ3v) is 1.14. The van der Waals surface area contributed by atoms with Crippen molar-refractivity contribution in [1.82, 2.24) is 4.98 Å². The van der Waals surface area contributed by atoms with E-state index in [-0.39, 0.29) is 0 Å². The van der Waals surface area contributed by atoms with Crippen LogP contribution in [0.4, 0.5) is 5.69 Å². The standard InChI is InChI=1S/C8H7N3O/c9-6-2-1-5-11-7(6)3-4-8(10)12/h1-2,5H,9H2,(H2,10,12). The van der Waals surface area contributed by atoms with Gasteiger partial charge >= 0.3 is 0 Å². The second-order valence-corrected chi connectivity index (χ2v) is 2.06. The average molecular weight is 161 g/mol. The Morgan fingerprint density at radius 3 is 2.92 bits per heavy atom. The van der Waals surface area contributed by atoms with E-state index in [1.165, 1.54) is 0 Å². The number of aromatic nitrogens is 1. The molecule has 1 amide bonds. The van der Waals surface area contributed by atoms with Gasteiger partial charge in [0.05, 0.1) is 5.69 Å². The van der Waals surface area contributed by atoms with Crippen LogP contribution in [-0.4, -0.2) is 10.9 Å². The van der Waals surface area contributed by atoms with Crippen molar-refractivity contribution in [3.05, 3.63) is 24.0 Å². The first-order valence-corrected chi connectivity index (χ1v) is 3.22. The predicted octanol–water partition coefficient (Wildman–Crippen LogP) is -0.499. The van der Waals surface area contributed by atoms with Crippen LogP contribution in [0.1, 0.15) is 5.69 Å². The Bertz CT molecular complexity index is 362. The van der Waals surface area contributed by atoms with Gasteiger partial charge in [0.15, 0.2) is 0 Å². The topological polar surface area (TPSA) is 82.0 Å². The maximum Gasteiger partial charge on any atom is 0.293 e. The Morgan fingerprint density at radius 2 is 2.33 bits per heavy atom. The fraction of sp³-hybridized carbons (Fsp3) is 0. The SMILES string of the molecule is NC(=O)C#Cc1ncccc1N. The van der Waals surface area contributed by atoms with Gasteiger partial charge in [-0.25, -0.2) is 4.98 Å². The van der Waals surface area contributed by atoms with E-state index in [0.717, 1.165) is 0 Å². The van der Waals surface area contributed by atoms with E-state index >= 15 is 0 Å². The fourth-order valence-corrected chi connectivity index (χ4v) is 0.643. The van der Waals surface area contributed by atoms with Crippen molar-refractivity contribution in [3.63, 3.8) is 0 Å². The van der Waals surface area contributed by atoms with Crippen LogP contribution >= 0.6 is 0 Å². The minimum atomic E-state index is -0.694. The van der Waals surface area contributed by atoms with E-state index in [1.54, 1.807) is 18.3 Å². The van der Waals surface area contributed by atoms with E-state index < -0.39 is 5.91 Å². The van der Waals surface area contributed by atoms with Crippen molar-refractivity contribution in [2.45, 2.75) is 0 Å². The van der Waals surface area contributed by atoms with Gasteiger partial charge in [0, 0.05) is 12.1 Å². The maximum atomic E-state index is 10.3. The largest absolute Gasteiger partial charge is 0.396 e. The minimum absolute atomic E-state index is 0.372. The van der Waals surface area contributed by atoms with Crippen LogP contribution in [0, 0.1) is 11.8 Å². The zero-order valence-electron chi connectivity index (χ0n) is 6.24. The van der Waals surface area contributed by atoms with E-state index in [9.17, 15) is 4.79 Å². The summed E-state index contributed by atoms with van der Waals surface area (Å²) in [4.78, 5) is 14.1. The molecule has 12 heavy (non-hydrogen) atoms. The van der Waals surface area contributed by atoms with Gasteiger partial charge in [0.1, 0.15) is 5.69 Å². The number of primary amides is 1.